The number of rotatable bonds is 6. The molecule has 0 aliphatic carbocycles. The summed E-state index contributed by atoms with van der Waals surface area (Å²) in [5, 5.41) is 4.70. The number of ketones is 1. The van der Waals surface area contributed by atoms with Crippen molar-refractivity contribution in [3.63, 3.8) is 0 Å². The lowest BCUT2D eigenvalue weighted by atomic mass is 9.88. The lowest BCUT2D eigenvalue weighted by Crippen LogP contribution is -2.13. The Morgan fingerprint density at radius 1 is 1.04 bits per heavy atom. The third-order valence-electron chi connectivity index (χ3n) is 4.43. The fourth-order valence-corrected chi connectivity index (χ4v) is 3.47. The Labute approximate surface area is 166 Å². The smallest absolute Gasteiger partial charge is 0.163 e. The van der Waals surface area contributed by atoms with E-state index in [2.05, 4.69) is 46.0 Å². The molecule has 0 atom stereocenters. The van der Waals surface area contributed by atoms with Crippen molar-refractivity contribution in [2.75, 3.05) is 5.32 Å². The molecule has 0 bridgehead atoms. The first-order valence-corrected chi connectivity index (χ1v) is 9.71. The van der Waals surface area contributed by atoms with Crippen molar-refractivity contribution in [1.29, 1.82) is 0 Å². The molecule has 0 fully saturated rings. The van der Waals surface area contributed by atoms with Crippen LogP contribution in [0.2, 0.25) is 10.0 Å². The molecule has 2 aromatic carbocycles. The summed E-state index contributed by atoms with van der Waals surface area (Å²) in [6.45, 7) is 10.9. The summed E-state index contributed by atoms with van der Waals surface area (Å²) in [6, 6.07) is 9.52. The quantitative estimate of drug-likeness (QED) is 0.532. The van der Waals surface area contributed by atoms with Crippen molar-refractivity contribution in [2.45, 2.75) is 54.0 Å². The molecule has 0 aliphatic heterocycles. The Bertz CT molecular complexity index is 807. The molecule has 0 aromatic heterocycles. The Morgan fingerprint density at radius 3 is 2.27 bits per heavy atom. The monoisotopic (exact) mass is 391 g/mol. The highest BCUT2D eigenvalue weighted by molar-refractivity contribution is 6.33. The molecule has 0 saturated carbocycles. The van der Waals surface area contributed by atoms with Gasteiger partial charge in [0.15, 0.2) is 5.78 Å². The Kier molecular flexibility index (Phi) is 6.76. The second-order valence-electron chi connectivity index (χ2n) is 7.88. The number of halogens is 2. The molecule has 0 amide bonds. The maximum Gasteiger partial charge on any atom is 0.163 e. The summed E-state index contributed by atoms with van der Waals surface area (Å²) in [6.07, 6.45) is 1.46. The number of hydrogen-bond acceptors (Lipinski definition) is 2. The summed E-state index contributed by atoms with van der Waals surface area (Å²) in [5.41, 5.74) is 4.93. The van der Waals surface area contributed by atoms with Gasteiger partial charge in [0.25, 0.3) is 0 Å². The van der Waals surface area contributed by atoms with Crippen molar-refractivity contribution in [3.8, 4) is 0 Å². The van der Waals surface area contributed by atoms with E-state index < -0.39 is 0 Å². The number of carbonyl (C=O) groups is 1. The molecule has 2 nitrogen and oxygen atoms in total. The van der Waals surface area contributed by atoms with E-state index >= 15 is 0 Å². The van der Waals surface area contributed by atoms with E-state index in [9.17, 15) is 4.79 Å². The van der Waals surface area contributed by atoms with Gasteiger partial charge in [0.1, 0.15) is 0 Å². The minimum absolute atomic E-state index is 0.0393. The summed E-state index contributed by atoms with van der Waals surface area (Å²) >= 11 is 12.8. The van der Waals surface area contributed by atoms with Gasteiger partial charge in [0, 0.05) is 23.6 Å². The Hall–Kier alpha value is -1.51. The van der Waals surface area contributed by atoms with E-state index in [0.29, 0.717) is 28.6 Å². The van der Waals surface area contributed by atoms with Crippen LogP contribution < -0.4 is 5.32 Å². The van der Waals surface area contributed by atoms with Gasteiger partial charge in [-0.05, 0) is 47.6 Å². The topological polar surface area (TPSA) is 29.1 Å². The van der Waals surface area contributed by atoms with Crippen LogP contribution in [-0.2, 0) is 13.0 Å². The van der Waals surface area contributed by atoms with Crippen LogP contribution in [0, 0.1) is 12.3 Å². The maximum absolute atomic E-state index is 12.4. The molecule has 26 heavy (non-hydrogen) atoms. The van der Waals surface area contributed by atoms with Gasteiger partial charge in [-0.1, -0.05) is 69.1 Å². The third-order valence-corrected chi connectivity index (χ3v) is 5.10. The van der Waals surface area contributed by atoms with Crippen LogP contribution in [-0.4, -0.2) is 5.78 Å². The zero-order chi connectivity index (χ0) is 19.5. The SMILES string of the molecule is CCc1ccc(Cl)c(NCc2ccc(C(=O)CC(C)(C)C)cc2Cl)c1C. The van der Waals surface area contributed by atoms with Crippen LogP contribution in [0.15, 0.2) is 30.3 Å². The van der Waals surface area contributed by atoms with Crippen LogP contribution >= 0.6 is 23.2 Å². The second kappa shape index (κ2) is 8.45. The molecular formula is C22H27Cl2NO. The summed E-state index contributed by atoms with van der Waals surface area (Å²) in [4.78, 5) is 12.4. The van der Waals surface area contributed by atoms with E-state index in [0.717, 1.165) is 23.2 Å². The van der Waals surface area contributed by atoms with Crippen LogP contribution in [0.4, 0.5) is 5.69 Å². The molecule has 1 N–H and O–H groups in total. The van der Waals surface area contributed by atoms with Crippen molar-refractivity contribution in [2.24, 2.45) is 5.41 Å². The second-order valence-corrected chi connectivity index (χ2v) is 8.69. The van der Waals surface area contributed by atoms with Crippen molar-refractivity contribution >= 4 is 34.7 Å². The number of nitrogens with one attached hydrogen (secondary N) is 1. The molecule has 0 aliphatic rings. The fourth-order valence-electron chi connectivity index (χ4n) is 2.95. The maximum atomic E-state index is 12.4. The molecule has 2 aromatic rings. The highest BCUT2D eigenvalue weighted by Gasteiger charge is 2.18. The van der Waals surface area contributed by atoms with Gasteiger partial charge >= 0.3 is 0 Å². The number of hydrogen-bond donors (Lipinski definition) is 1. The highest BCUT2D eigenvalue weighted by atomic mass is 35.5. The van der Waals surface area contributed by atoms with Crippen LogP contribution in [0.5, 0.6) is 0 Å². The molecular weight excluding hydrogens is 365 g/mol. The standard InChI is InChI=1S/C22H27Cl2NO/c1-6-15-9-10-18(23)21(14(15)2)25-13-17-8-7-16(11-19(17)24)20(26)12-22(3,4)5/h7-11,25H,6,12-13H2,1-5H3. The summed E-state index contributed by atoms with van der Waals surface area (Å²) < 4.78 is 0. The van der Waals surface area contributed by atoms with Crippen LogP contribution in [0.3, 0.4) is 0 Å². The van der Waals surface area contributed by atoms with E-state index in [1.165, 1.54) is 5.56 Å². The zero-order valence-electron chi connectivity index (χ0n) is 16.2. The fraction of sp³-hybridized carbons (Fsp3) is 0.409. The van der Waals surface area contributed by atoms with Gasteiger partial charge in [-0.25, -0.2) is 0 Å². The highest BCUT2D eigenvalue weighted by Crippen LogP contribution is 2.30. The average molecular weight is 392 g/mol. The molecule has 0 spiro atoms. The van der Waals surface area contributed by atoms with Crippen LogP contribution in [0.25, 0.3) is 0 Å². The lowest BCUT2D eigenvalue weighted by Gasteiger charge is -2.17. The average Bonchev–Trinajstić information content (AvgIpc) is 2.54. The van der Waals surface area contributed by atoms with Crippen molar-refractivity contribution < 1.29 is 4.79 Å². The number of benzene rings is 2. The zero-order valence-corrected chi connectivity index (χ0v) is 17.7. The van der Waals surface area contributed by atoms with E-state index in [1.54, 1.807) is 6.07 Å². The minimum atomic E-state index is -0.0393. The van der Waals surface area contributed by atoms with Crippen molar-refractivity contribution in [3.05, 3.63) is 62.6 Å². The van der Waals surface area contributed by atoms with Gasteiger partial charge in [-0.3, -0.25) is 4.79 Å². The number of Topliss-reactive ketones (excluding diaryl/α,β-unsaturated/α-hetero) is 1. The summed E-state index contributed by atoms with van der Waals surface area (Å²) in [7, 11) is 0. The number of anilines is 1. The molecule has 0 radical (unpaired) electrons. The van der Waals surface area contributed by atoms with Gasteiger partial charge in [0.2, 0.25) is 0 Å². The minimum Gasteiger partial charge on any atom is -0.379 e. The molecule has 140 valence electrons. The molecule has 2 rings (SSSR count). The molecule has 0 unspecified atom stereocenters. The van der Waals surface area contributed by atoms with E-state index in [1.807, 2.05) is 18.2 Å². The first kappa shape index (κ1) is 20.8. The van der Waals surface area contributed by atoms with Gasteiger partial charge in [-0.2, -0.15) is 0 Å². The molecule has 4 heteroatoms. The third kappa shape index (κ3) is 5.25. The predicted octanol–water partition coefficient (Wildman–Crippen LogP) is 7.10. The Morgan fingerprint density at radius 2 is 1.69 bits per heavy atom. The first-order valence-electron chi connectivity index (χ1n) is 8.96. The van der Waals surface area contributed by atoms with Crippen LogP contribution in [0.1, 0.15) is 61.2 Å². The number of aryl methyl sites for hydroxylation is 1. The lowest BCUT2D eigenvalue weighted by molar-refractivity contribution is 0.0940. The van der Waals surface area contributed by atoms with E-state index in [4.69, 9.17) is 23.2 Å². The predicted molar refractivity (Wildman–Crippen MR) is 113 cm³/mol. The number of carbonyl (C=O) groups excluding carboxylic acids is 1. The largest absolute Gasteiger partial charge is 0.379 e. The van der Waals surface area contributed by atoms with E-state index in [-0.39, 0.29) is 11.2 Å². The van der Waals surface area contributed by atoms with Gasteiger partial charge < -0.3 is 5.32 Å². The molecule has 0 saturated heterocycles. The van der Waals surface area contributed by atoms with Gasteiger partial charge in [0.05, 0.1) is 10.7 Å². The molecule has 0 heterocycles. The normalized spacial score (nSPS) is 11.5. The van der Waals surface area contributed by atoms with Gasteiger partial charge in [-0.15, -0.1) is 0 Å². The summed E-state index contributed by atoms with van der Waals surface area (Å²) in [5.74, 6) is 0.119. The Balaban J connectivity index is 2.16. The van der Waals surface area contributed by atoms with Crippen molar-refractivity contribution in [1.82, 2.24) is 0 Å². The first-order chi connectivity index (χ1) is 12.1.